The summed E-state index contributed by atoms with van der Waals surface area (Å²) < 4.78 is 52.3. The van der Waals surface area contributed by atoms with E-state index < -0.39 is 38.4 Å². The van der Waals surface area contributed by atoms with E-state index in [4.69, 9.17) is 5.11 Å². The molecule has 0 amide bonds. The van der Waals surface area contributed by atoms with Crippen LogP contribution in [0.1, 0.15) is 13.3 Å². The van der Waals surface area contributed by atoms with Crippen molar-refractivity contribution in [2.75, 3.05) is 13.1 Å². The van der Waals surface area contributed by atoms with Crippen LogP contribution in [-0.4, -0.2) is 36.9 Å². The number of hydrogen-bond acceptors (Lipinski definition) is 3. The Morgan fingerprint density at radius 1 is 1.33 bits per heavy atom. The maximum absolute atomic E-state index is 13.7. The maximum Gasteiger partial charge on any atom is 0.307 e. The minimum Gasteiger partial charge on any atom is -0.481 e. The van der Waals surface area contributed by atoms with Crippen molar-refractivity contribution in [3.8, 4) is 0 Å². The van der Waals surface area contributed by atoms with Gasteiger partial charge < -0.3 is 5.11 Å². The number of sulfonamides is 1. The summed E-state index contributed by atoms with van der Waals surface area (Å²) in [6.45, 7) is 1.64. The zero-order valence-corrected chi connectivity index (χ0v) is 12.1. The van der Waals surface area contributed by atoms with E-state index >= 15 is 0 Å². The first-order valence-corrected chi connectivity index (χ1v) is 7.84. The Morgan fingerprint density at radius 3 is 2.57 bits per heavy atom. The molecule has 0 radical (unpaired) electrons. The molecule has 2 atom stereocenters. The molecular weight excluding hydrogens is 304 g/mol. The molecule has 2 unspecified atom stereocenters. The van der Waals surface area contributed by atoms with Crippen LogP contribution in [0.3, 0.4) is 0 Å². The highest BCUT2D eigenvalue weighted by atomic mass is 32.2. The molecule has 5 nitrogen and oxygen atoms in total. The maximum atomic E-state index is 13.7. The van der Waals surface area contributed by atoms with Crippen LogP contribution in [0.2, 0.25) is 0 Å². The average Bonchev–Trinajstić information content (AvgIpc) is 2.37. The van der Waals surface area contributed by atoms with Gasteiger partial charge in [-0.2, -0.15) is 4.31 Å². The average molecular weight is 319 g/mol. The molecule has 1 aliphatic heterocycles. The number of carbonyl (C=O) groups is 1. The van der Waals surface area contributed by atoms with Crippen LogP contribution in [0, 0.1) is 23.5 Å². The normalized spacial score (nSPS) is 24.0. The van der Waals surface area contributed by atoms with Gasteiger partial charge in [0.15, 0.2) is 0 Å². The van der Waals surface area contributed by atoms with Crippen molar-refractivity contribution in [3.63, 3.8) is 0 Å². The number of piperidine rings is 1. The molecule has 1 heterocycles. The van der Waals surface area contributed by atoms with Crippen molar-refractivity contribution in [1.29, 1.82) is 0 Å². The van der Waals surface area contributed by atoms with E-state index in [1.165, 1.54) is 0 Å². The van der Waals surface area contributed by atoms with E-state index in [0.717, 1.165) is 16.4 Å². The zero-order valence-electron chi connectivity index (χ0n) is 11.3. The summed E-state index contributed by atoms with van der Waals surface area (Å²) in [6, 6.07) is 2.21. The van der Waals surface area contributed by atoms with Crippen molar-refractivity contribution < 1.29 is 27.1 Å². The SMILES string of the molecule is CC1CC(C(=O)O)CN(S(=O)(=O)c2ccc(F)cc2F)C1. The monoisotopic (exact) mass is 319 g/mol. The van der Waals surface area contributed by atoms with Crippen molar-refractivity contribution in [2.45, 2.75) is 18.2 Å². The van der Waals surface area contributed by atoms with E-state index in [9.17, 15) is 22.0 Å². The van der Waals surface area contributed by atoms with E-state index in [0.29, 0.717) is 12.5 Å². The topological polar surface area (TPSA) is 74.7 Å². The lowest BCUT2D eigenvalue weighted by atomic mass is 9.92. The first-order valence-electron chi connectivity index (χ1n) is 6.40. The van der Waals surface area contributed by atoms with E-state index in [-0.39, 0.29) is 19.0 Å². The number of nitrogens with zero attached hydrogens (tertiary/aromatic N) is 1. The smallest absolute Gasteiger partial charge is 0.307 e. The minimum absolute atomic E-state index is 0.114. The molecule has 1 aromatic rings. The quantitative estimate of drug-likeness (QED) is 0.920. The van der Waals surface area contributed by atoms with Gasteiger partial charge in [-0.05, 0) is 24.5 Å². The summed E-state index contributed by atoms with van der Waals surface area (Å²) in [5.41, 5.74) is 0. The fourth-order valence-corrected chi connectivity index (χ4v) is 4.15. The molecule has 1 N–H and O–H groups in total. The van der Waals surface area contributed by atoms with Gasteiger partial charge in [-0.25, -0.2) is 17.2 Å². The largest absolute Gasteiger partial charge is 0.481 e. The summed E-state index contributed by atoms with van der Waals surface area (Å²) >= 11 is 0. The molecule has 1 aromatic carbocycles. The molecule has 0 spiro atoms. The van der Waals surface area contributed by atoms with Crippen LogP contribution in [0.15, 0.2) is 23.1 Å². The van der Waals surface area contributed by atoms with Crippen LogP contribution >= 0.6 is 0 Å². The van der Waals surface area contributed by atoms with Gasteiger partial charge in [-0.3, -0.25) is 4.79 Å². The van der Waals surface area contributed by atoms with Gasteiger partial charge in [-0.1, -0.05) is 6.92 Å². The standard InChI is InChI=1S/C13H15F2NO4S/c1-8-4-9(13(17)18)7-16(6-8)21(19,20)12-3-2-10(14)5-11(12)15/h2-3,5,8-9H,4,6-7H2,1H3,(H,17,18). The van der Waals surface area contributed by atoms with Crippen LogP contribution in [0.5, 0.6) is 0 Å². The number of rotatable bonds is 3. The number of halogens is 2. The number of carboxylic acids is 1. The molecule has 116 valence electrons. The Kier molecular flexibility index (Phi) is 4.29. The van der Waals surface area contributed by atoms with Gasteiger partial charge in [0.2, 0.25) is 10.0 Å². The second kappa shape index (κ2) is 5.69. The van der Waals surface area contributed by atoms with Crippen LogP contribution in [0.4, 0.5) is 8.78 Å². The van der Waals surface area contributed by atoms with E-state index in [1.807, 2.05) is 0 Å². The highest BCUT2D eigenvalue weighted by Crippen LogP contribution is 2.28. The van der Waals surface area contributed by atoms with Gasteiger partial charge in [0, 0.05) is 19.2 Å². The second-order valence-corrected chi connectivity index (χ2v) is 7.18. The molecule has 1 fully saturated rings. The van der Waals surface area contributed by atoms with Crippen LogP contribution < -0.4 is 0 Å². The van der Waals surface area contributed by atoms with Gasteiger partial charge in [-0.15, -0.1) is 0 Å². The van der Waals surface area contributed by atoms with Crippen molar-refractivity contribution in [1.82, 2.24) is 4.31 Å². The lowest BCUT2D eigenvalue weighted by Crippen LogP contribution is -2.45. The predicted molar refractivity (Wildman–Crippen MR) is 70.0 cm³/mol. The molecule has 1 saturated heterocycles. The highest BCUT2D eigenvalue weighted by molar-refractivity contribution is 7.89. The summed E-state index contributed by atoms with van der Waals surface area (Å²) in [5.74, 6) is -4.12. The molecule has 0 aliphatic carbocycles. The number of aliphatic carboxylic acids is 1. The zero-order chi connectivity index (χ0) is 15.8. The summed E-state index contributed by atoms with van der Waals surface area (Å²) in [7, 11) is -4.18. The van der Waals surface area contributed by atoms with E-state index in [1.54, 1.807) is 6.92 Å². The van der Waals surface area contributed by atoms with Gasteiger partial charge in [0.05, 0.1) is 5.92 Å². The number of benzene rings is 1. The number of hydrogen-bond donors (Lipinski definition) is 1. The molecule has 1 aliphatic rings. The van der Waals surface area contributed by atoms with E-state index in [2.05, 4.69) is 0 Å². The van der Waals surface area contributed by atoms with Crippen molar-refractivity contribution in [2.24, 2.45) is 11.8 Å². The summed E-state index contributed by atoms with van der Waals surface area (Å²) in [6.07, 6.45) is 0.368. The molecular formula is C13H15F2NO4S. The summed E-state index contributed by atoms with van der Waals surface area (Å²) in [4.78, 5) is 10.4. The summed E-state index contributed by atoms with van der Waals surface area (Å²) in [5, 5.41) is 9.06. The third-order valence-corrected chi connectivity index (χ3v) is 5.35. The third-order valence-electron chi connectivity index (χ3n) is 3.49. The third kappa shape index (κ3) is 3.21. The Labute approximate surface area is 121 Å². The Bertz CT molecular complexity index is 662. The Balaban J connectivity index is 2.36. The van der Waals surface area contributed by atoms with Crippen LogP contribution in [0.25, 0.3) is 0 Å². The fourth-order valence-electron chi connectivity index (χ4n) is 2.50. The minimum atomic E-state index is -4.18. The fraction of sp³-hybridized carbons (Fsp3) is 0.462. The lowest BCUT2D eigenvalue weighted by Gasteiger charge is -2.33. The van der Waals surface area contributed by atoms with Crippen molar-refractivity contribution in [3.05, 3.63) is 29.8 Å². The van der Waals surface area contributed by atoms with Crippen molar-refractivity contribution >= 4 is 16.0 Å². The molecule has 0 aromatic heterocycles. The lowest BCUT2D eigenvalue weighted by molar-refractivity contribution is -0.143. The highest BCUT2D eigenvalue weighted by Gasteiger charge is 2.37. The molecule has 0 saturated carbocycles. The van der Waals surface area contributed by atoms with Crippen LogP contribution in [-0.2, 0) is 14.8 Å². The predicted octanol–water partition coefficient (Wildman–Crippen LogP) is 1.70. The first kappa shape index (κ1) is 15.8. The Hall–Kier alpha value is -1.54. The van der Waals surface area contributed by atoms with Gasteiger partial charge in [0.1, 0.15) is 16.5 Å². The molecule has 8 heteroatoms. The molecule has 2 rings (SSSR count). The Morgan fingerprint density at radius 2 is 2.00 bits per heavy atom. The first-order chi connectivity index (χ1) is 9.71. The second-order valence-electron chi connectivity index (χ2n) is 5.27. The van der Waals surface area contributed by atoms with Gasteiger partial charge in [0.25, 0.3) is 0 Å². The molecule has 0 bridgehead atoms. The molecule has 21 heavy (non-hydrogen) atoms. The van der Waals surface area contributed by atoms with Gasteiger partial charge >= 0.3 is 5.97 Å². The number of carboxylic acid groups (broad SMARTS) is 1.